The Hall–Kier alpha value is -1.13. The van der Waals surface area contributed by atoms with Crippen LogP contribution >= 0.6 is 0 Å². The quantitative estimate of drug-likeness (QED) is 0.786. The first kappa shape index (κ1) is 14.3. The lowest BCUT2D eigenvalue weighted by Gasteiger charge is -2.35. The van der Waals surface area contributed by atoms with Gasteiger partial charge < -0.3 is 15.5 Å². The number of halogens is 1. The molecular formula is C15H22FNO2. The number of hydrogen-bond donors (Lipinski definition) is 3. The van der Waals surface area contributed by atoms with Crippen LogP contribution in [-0.2, 0) is 6.54 Å². The molecule has 1 fully saturated rings. The van der Waals surface area contributed by atoms with Gasteiger partial charge in [0.05, 0.1) is 5.60 Å². The third-order valence-corrected chi connectivity index (χ3v) is 4.02. The molecule has 2 rings (SSSR count). The summed E-state index contributed by atoms with van der Waals surface area (Å²) in [7, 11) is 0. The maximum absolute atomic E-state index is 13.1. The van der Waals surface area contributed by atoms with Crippen LogP contribution in [0, 0.1) is 11.7 Å². The fraction of sp³-hybridized carbons (Fsp3) is 0.600. The number of hydrogen-bond acceptors (Lipinski definition) is 3. The SMILES string of the molecule is CC1CCC(O)(CNCc2cc(F)ccc2O)CC1. The zero-order valence-electron chi connectivity index (χ0n) is 11.3. The molecule has 1 aromatic rings. The molecule has 0 aliphatic heterocycles. The van der Waals surface area contributed by atoms with Gasteiger partial charge in [0.25, 0.3) is 0 Å². The Morgan fingerprint density at radius 1 is 1.37 bits per heavy atom. The van der Waals surface area contributed by atoms with E-state index in [1.54, 1.807) is 0 Å². The molecule has 3 nitrogen and oxygen atoms in total. The Balaban J connectivity index is 1.84. The number of phenolic OH excluding ortho intramolecular Hbond substituents is 1. The zero-order valence-corrected chi connectivity index (χ0v) is 11.3. The Morgan fingerprint density at radius 3 is 2.74 bits per heavy atom. The Bertz CT molecular complexity index is 428. The van der Waals surface area contributed by atoms with Gasteiger partial charge >= 0.3 is 0 Å². The molecule has 1 saturated carbocycles. The second kappa shape index (κ2) is 5.88. The van der Waals surface area contributed by atoms with Gasteiger partial charge in [0.2, 0.25) is 0 Å². The van der Waals surface area contributed by atoms with Gasteiger partial charge in [-0.25, -0.2) is 4.39 Å². The van der Waals surface area contributed by atoms with Crippen molar-refractivity contribution in [1.82, 2.24) is 5.32 Å². The summed E-state index contributed by atoms with van der Waals surface area (Å²) in [6.07, 6.45) is 3.69. The van der Waals surface area contributed by atoms with Crippen LogP contribution in [0.5, 0.6) is 5.75 Å². The molecular weight excluding hydrogens is 245 g/mol. The van der Waals surface area contributed by atoms with E-state index < -0.39 is 5.60 Å². The smallest absolute Gasteiger partial charge is 0.123 e. The highest BCUT2D eigenvalue weighted by atomic mass is 19.1. The fourth-order valence-electron chi connectivity index (χ4n) is 2.60. The number of rotatable bonds is 4. The first-order valence-electron chi connectivity index (χ1n) is 6.89. The van der Waals surface area contributed by atoms with E-state index in [-0.39, 0.29) is 11.6 Å². The van der Waals surface area contributed by atoms with Crippen molar-refractivity contribution in [3.63, 3.8) is 0 Å². The molecule has 0 atom stereocenters. The Labute approximate surface area is 113 Å². The molecule has 4 heteroatoms. The van der Waals surface area contributed by atoms with Gasteiger partial charge in [0.15, 0.2) is 0 Å². The summed E-state index contributed by atoms with van der Waals surface area (Å²) < 4.78 is 13.1. The van der Waals surface area contributed by atoms with E-state index >= 15 is 0 Å². The van der Waals surface area contributed by atoms with Gasteiger partial charge in [-0.1, -0.05) is 6.92 Å². The van der Waals surface area contributed by atoms with Crippen molar-refractivity contribution < 1.29 is 14.6 Å². The van der Waals surface area contributed by atoms with Gasteiger partial charge in [-0.05, 0) is 49.8 Å². The molecule has 0 saturated heterocycles. The summed E-state index contributed by atoms with van der Waals surface area (Å²) >= 11 is 0. The van der Waals surface area contributed by atoms with E-state index in [2.05, 4.69) is 12.2 Å². The number of benzene rings is 1. The van der Waals surface area contributed by atoms with Crippen molar-refractivity contribution in [2.24, 2.45) is 5.92 Å². The summed E-state index contributed by atoms with van der Waals surface area (Å²) in [5.74, 6) is 0.408. The van der Waals surface area contributed by atoms with Crippen LogP contribution in [0.4, 0.5) is 4.39 Å². The van der Waals surface area contributed by atoms with Gasteiger partial charge in [-0.15, -0.1) is 0 Å². The van der Waals surface area contributed by atoms with E-state index in [1.807, 2.05) is 0 Å². The Morgan fingerprint density at radius 2 is 2.05 bits per heavy atom. The highest BCUT2D eigenvalue weighted by Crippen LogP contribution is 2.31. The van der Waals surface area contributed by atoms with Crippen LogP contribution < -0.4 is 5.32 Å². The Kier molecular flexibility index (Phi) is 4.42. The maximum atomic E-state index is 13.1. The van der Waals surface area contributed by atoms with Crippen molar-refractivity contribution in [2.75, 3.05) is 6.54 Å². The number of aromatic hydroxyl groups is 1. The third kappa shape index (κ3) is 3.91. The lowest BCUT2D eigenvalue weighted by atomic mass is 9.79. The van der Waals surface area contributed by atoms with E-state index in [1.165, 1.54) is 18.2 Å². The highest BCUT2D eigenvalue weighted by Gasteiger charge is 2.31. The van der Waals surface area contributed by atoms with Gasteiger partial charge in [-0.3, -0.25) is 0 Å². The molecule has 0 aromatic heterocycles. The zero-order chi connectivity index (χ0) is 13.9. The molecule has 0 bridgehead atoms. The van der Waals surface area contributed by atoms with Crippen LogP contribution in [0.25, 0.3) is 0 Å². The van der Waals surface area contributed by atoms with Crippen molar-refractivity contribution in [3.8, 4) is 5.75 Å². The van der Waals surface area contributed by atoms with Gasteiger partial charge in [-0.2, -0.15) is 0 Å². The average molecular weight is 267 g/mol. The number of phenols is 1. The summed E-state index contributed by atoms with van der Waals surface area (Å²) in [4.78, 5) is 0. The number of nitrogens with one attached hydrogen (secondary N) is 1. The van der Waals surface area contributed by atoms with Crippen molar-refractivity contribution >= 4 is 0 Å². The molecule has 1 aliphatic carbocycles. The molecule has 0 amide bonds. The summed E-state index contributed by atoms with van der Waals surface area (Å²) in [6.45, 7) is 3.05. The van der Waals surface area contributed by atoms with Crippen LogP contribution in [0.15, 0.2) is 18.2 Å². The molecule has 0 spiro atoms. The molecule has 1 aromatic carbocycles. The third-order valence-electron chi connectivity index (χ3n) is 4.02. The normalized spacial score (nSPS) is 27.4. The van der Waals surface area contributed by atoms with E-state index in [4.69, 9.17) is 0 Å². The monoisotopic (exact) mass is 267 g/mol. The van der Waals surface area contributed by atoms with E-state index in [9.17, 15) is 14.6 Å². The minimum absolute atomic E-state index is 0.0816. The van der Waals surface area contributed by atoms with Gasteiger partial charge in [0.1, 0.15) is 11.6 Å². The van der Waals surface area contributed by atoms with Crippen LogP contribution in [0.3, 0.4) is 0 Å². The molecule has 0 unspecified atom stereocenters. The first-order valence-corrected chi connectivity index (χ1v) is 6.89. The van der Waals surface area contributed by atoms with Crippen molar-refractivity contribution in [1.29, 1.82) is 0 Å². The standard InChI is InChI=1S/C15H22FNO2/c1-11-4-6-15(19,7-5-11)10-17-9-12-8-13(16)2-3-14(12)18/h2-3,8,11,17-19H,4-7,9-10H2,1H3. The summed E-state index contributed by atoms with van der Waals surface area (Å²) in [6, 6.07) is 3.90. The minimum atomic E-state index is -0.657. The predicted octanol–water partition coefficient (Wildman–Crippen LogP) is 2.56. The first-order chi connectivity index (χ1) is 8.98. The summed E-state index contributed by atoms with van der Waals surface area (Å²) in [5.41, 5.74) is -0.136. The van der Waals surface area contributed by atoms with Crippen LogP contribution in [0.2, 0.25) is 0 Å². The average Bonchev–Trinajstić information content (AvgIpc) is 2.38. The van der Waals surface area contributed by atoms with Crippen LogP contribution in [-0.4, -0.2) is 22.4 Å². The molecule has 19 heavy (non-hydrogen) atoms. The van der Waals surface area contributed by atoms with Crippen molar-refractivity contribution in [2.45, 2.75) is 44.8 Å². The van der Waals surface area contributed by atoms with Crippen LogP contribution in [0.1, 0.15) is 38.2 Å². The highest BCUT2D eigenvalue weighted by molar-refractivity contribution is 5.32. The molecule has 0 heterocycles. The second-order valence-corrected chi connectivity index (χ2v) is 5.78. The lowest BCUT2D eigenvalue weighted by molar-refractivity contribution is -0.00633. The largest absolute Gasteiger partial charge is 0.508 e. The molecule has 0 radical (unpaired) electrons. The fourth-order valence-corrected chi connectivity index (χ4v) is 2.60. The topological polar surface area (TPSA) is 52.5 Å². The molecule has 106 valence electrons. The lowest BCUT2D eigenvalue weighted by Crippen LogP contribution is -2.43. The van der Waals surface area contributed by atoms with E-state index in [0.29, 0.717) is 24.6 Å². The van der Waals surface area contributed by atoms with E-state index in [0.717, 1.165) is 25.7 Å². The molecule has 3 N–H and O–H groups in total. The maximum Gasteiger partial charge on any atom is 0.123 e. The second-order valence-electron chi connectivity index (χ2n) is 5.78. The van der Waals surface area contributed by atoms with Gasteiger partial charge in [0, 0.05) is 18.7 Å². The van der Waals surface area contributed by atoms with Crippen molar-refractivity contribution in [3.05, 3.63) is 29.6 Å². The summed E-state index contributed by atoms with van der Waals surface area (Å²) in [5, 5.41) is 23.1. The minimum Gasteiger partial charge on any atom is -0.508 e. The number of aliphatic hydroxyl groups is 1. The predicted molar refractivity (Wildman–Crippen MR) is 72.4 cm³/mol. The molecule has 1 aliphatic rings.